The number of carbonyl (C=O) groups excluding carboxylic acids is 1. The van der Waals surface area contributed by atoms with Crippen molar-refractivity contribution in [1.29, 1.82) is 0 Å². The molecule has 0 unspecified atom stereocenters. The van der Waals surface area contributed by atoms with E-state index in [4.69, 9.17) is 4.74 Å². The molecule has 1 saturated heterocycles. The Kier molecular flexibility index (Phi) is 5.14. The Morgan fingerprint density at radius 2 is 2.03 bits per heavy atom. The molecule has 0 bridgehead atoms. The molecule has 1 aliphatic heterocycles. The highest BCUT2D eigenvalue weighted by atomic mass is 32.2. The first-order chi connectivity index (χ1) is 15.4. The maximum Gasteiger partial charge on any atom is 0.272 e. The molecule has 1 amide bonds. The summed E-state index contributed by atoms with van der Waals surface area (Å²) in [6.07, 6.45) is 7.02. The summed E-state index contributed by atoms with van der Waals surface area (Å²) in [4.78, 5) is 19.2. The number of sulfone groups is 1. The fraction of sp³-hybridized carbons (Fsp3) is 0.333. The molecule has 1 aliphatic rings. The van der Waals surface area contributed by atoms with Gasteiger partial charge in [0.25, 0.3) is 5.91 Å². The minimum absolute atomic E-state index is 0.206. The van der Waals surface area contributed by atoms with E-state index in [1.54, 1.807) is 27.9 Å². The number of amides is 1. The Hall–Kier alpha value is -3.31. The summed E-state index contributed by atoms with van der Waals surface area (Å²) in [6.45, 7) is 2.20. The fourth-order valence-electron chi connectivity index (χ4n) is 3.93. The van der Waals surface area contributed by atoms with Crippen LogP contribution in [0.15, 0.2) is 42.9 Å². The molecule has 5 heterocycles. The van der Waals surface area contributed by atoms with Crippen LogP contribution in [0.25, 0.3) is 27.7 Å². The van der Waals surface area contributed by atoms with Gasteiger partial charge in [0, 0.05) is 49.3 Å². The third-order valence-corrected chi connectivity index (χ3v) is 6.12. The molecule has 1 fully saturated rings. The zero-order chi connectivity index (χ0) is 22.3. The molecule has 4 aromatic rings. The summed E-state index contributed by atoms with van der Waals surface area (Å²) in [6, 6.07) is 7.31. The van der Waals surface area contributed by atoms with Crippen LogP contribution in [0.1, 0.15) is 16.9 Å². The number of rotatable bonds is 4. The molecule has 0 aromatic carbocycles. The lowest BCUT2D eigenvalue weighted by Gasteiger charge is -2.19. The first-order valence-electron chi connectivity index (χ1n) is 10.2. The first-order valence-corrected chi connectivity index (χ1v) is 12.3. The number of nitrogens with zero attached hydrogens (tertiary/aromatic N) is 6. The van der Waals surface area contributed by atoms with Gasteiger partial charge in [-0.05, 0) is 24.6 Å². The highest BCUT2D eigenvalue weighted by Crippen LogP contribution is 2.31. The molecule has 0 radical (unpaired) electrons. The molecule has 0 atom stereocenters. The second kappa shape index (κ2) is 7.99. The lowest BCUT2D eigenvalue weighted by atomic mass is 10.1. The van der Waals surface area contributed by atoms with E-state index in [-0.39, 0.29) is 17.5 Å². The van der Waals surface area contributed by atoms with E-state index >= 15 is 0 Å². The number of carbonyl (C=O) groups is 1. The van der Waals surface area contributed by atoms with Gasteiger partial charge in [-0.25, -0.2) is 17.6 Å². The number of hydrogen-bond acceptors (Lipinski definition) is 7. The van der Waals surface area contributed by atoms with Crippen molar-refractivity contribution in [3.63, 3.8) is 0 Å². The van der Waals surface area contributed by atoms with E-state index in [1.165, 1.54) is 4.68 Å². The molecule has 0 spiro atoms. The van der Waals surface area contributed by atoms with Crippen LogP contribution < -0.4 is 0 Å². The van der Waals surface area contributed by atoms with Crippen molar-refractivity contribution < 1.29 is 17.9 Å². The maximum atomic E-state index is 13.0. The van der Waals surface area contributed by atoms with Crippen molar-refractivity contribution in [1.82, 2.24) is 29.3 Å². The van der Waals surface area contributed by atoms with Gasteiger partial charge in [-0.1, -0.05) is 6.07 Å². The molecular formula is C21H22N6O4S. The number of pyridine rings is 2. The predicted molar refractivity (Wildman–Crippen MR) is 118 cm³/mol. The molecule has 0 aliphatic carbocycles. The summed E-state index contributed by atoms with van der Waals surface area (Å²) in [5.41, 5.74) is 2.95. The van der Waals surface area contributed by atoms with Gasteiger partial charge >= 0.3 is 0 Å². The van der Waals surface area contributed by atoms with Crippen molar-refractivity contribution in [2.24, 2.45) is 0 Å². The number of aromatic nitrogens is 5. The highest BCUT2D eigenvalue weighted by Gasteiger charge is 2.23. The summed E-state index contributed by atoms with van der Waals surface area (Å²) in [5, 5.41) is 9.61. The lowest BCUT2D eigenvalue weighted by molar-refractivity contribution is 0.0735. The monoisotopic (exact) mass is 454 g/mol. The van der Waals surface area contributed by atoms with Crippen LogP contribution in [-0.4, -0.2) is 76.2 Å². The van der Waals surface area contributed by atoms with Gasteiger partial charge in [0.2, 0.25) is 0 Å². The molecule has 11 heteroatoms. The normalized spacial score (nSPS) is 15.3. The lowest BCUT2D eigenvalue weighted by Crippen LogP contribution is -2.33. The Morgan fingerprint density at radius 1 is 1.16 bits per heavy atom. The Balaban J connectivity index is 1.64. The minimum Gasteiger partial charge on any atom is -0.380 e. The van der Waals surface area contributed by atoms with Gasteiger partial charge in [0.05, 0.1) is 23.8 Å². The molecule has 0 saturated carbocycles. The standard InChI is InChI=1S/C21H22N6O4S/c1-32(29,30)14-27-19-11-17(21(28)25-6-4-9-31-10-8-25)22-12-15(19)20(24-27)16-13-23-26-7-3-2-5-18(16)26/h2-3,5,7,11-13H,4,6,8-10,14H2,1H3. The summed E-state index contributed by atoms with van der Waals surface area (Å²) in [7, 11) is -3.38. The molecular weight excluding hydrogens is 432 g/mol. The number of fused-ring (bicyclic) bond motifs is 2. The van der Waals surface area contributed by atoms with Crippen LogP contribution in [0.4, 0.5) is 0 Å². The highest BCUT2D eigenvalue weighted by molar-refractivity contribution is 7.89. The Morgan fingerprint density at radius 3 is 2.88 bits per heavy atom. The largest absolute Gasteiger partial charge is 0.380 e. The van der Waals surface area contributed by atoms with Crippen LogP contribution in [-0.2, 0) is 20.5 Å². The Labute approximate surface area is 184 Å². The second-order valence-corrected chi connectivity index (χ2v) is 9.95. The van der Waals surface area contributed by atoms with Crippen LogP contribution in [0.2, 0.25) is 0 Å². The minimum atomic E-state index is -3.38. The van der Waals surface area contributed by atoms with E-state index in [0.717, 1.165) is 23.8 Å². The predicted octanol–water partition coefficient (Wildman–Crippen LogP) is 1.61. The topological polar surface area (TPSA) is 112 Å². The molecule has 166 valence electrons. The van der Waals surface area contributed by atoms with Crippen LogP contribution >= 0.6 is 0 Å². The van der Waals surface area contributed by atoms with Gasteiger partial charge in [0.1, 0.15) is 17.3 Å². The average Bonchev–Trinajstić information content (AvgIpc) is 3.21. The van der Waals surface area contributed by atoms with Crippen LogP contribution in [0.3, 0.4) is 0 Å². The summed E-state index contributed by atoms with van der Waals surface area (Å²) < 4.78 is 32.7. The average molecular weight is 455 g/mol. The first kappa shape index (κ1) is 20.6. The van der Waals surface area contributed by atoms with Crippen LogP contribution in [0, 0.1) is 0 Å². The zero-order valence-electron chi connectivity index (χ0n) is 17.5. The van der Waals surface area contributed by atoms with Gasteiger partial charge < -0.3 is 9.64 Å². The van der Waals surface area contributed by atoms with Gasteiger partial charge in [-0.15, -0.1) is 0 Å². The maximum absolute atomic E-state index is 13.0. The number of hydrogen-bond donors (Lipinski definition) is 0. The van der Waals surface area contributed by atoms with Crippen molar-refractivity contribution >= 4 is 32.2 Å². The Bertz CT molecular complexity index is 1420. The van der Waals surface area contributed by atoms with E-state index < -0.39 is 9.84 Å². The third kappa shape index (κ3) is 3.84. The van der Waals surface area contributed by atoms with Crippen molar-refractivity contribution in [2.45, 2.75) is 12.3 Å². The molecule has 10 nitrogen and oxygen atoms in total. The van der Waals surface area contributed by atoms with Crippen LogP contribution in [0.5, 0.6) is 0 Å². The summed E-state index contributed by atoms with van der Waals surface area (Å²) >= 11 is 0. The molecule has 4 aromatic heterocycles. The SMILES string of the molecule is CS(=O)(=O)Cn1nc(-c2cnn3ccccc23)c2cnc(C(=O)N3CCCOCC3)cc21. The van der Waals surface area contributed by atoms with Gasteiger partial charge in [0.15, 0.2) is 9.84 Å². The van der Waals surface area contributed by atoms with E-state index in [0.29, 0.717) is 42.9 Å². The van der Waals surface area contributed by atoms with E-state index in [2.05, 4.69) is 15.2 Å². The van der Waals surface area contributed by atoms with E-state index in [9.17, 15) is 13.2 Å². The van der Waals surface area contributed by atoms with Crippen molar-refractivity contribution in [3.05, 3.63) is 48.5 Å². The third-order valence-electron chi connectivity index (χ3n) is 5.40. The second-order valence-electron chi connectivity index (χ2n) is 7.84. The molecule has 0 N–H and O–H groups in total. The van der Waals surface area contributed by atoms with Crippen molar-refractivity contribution in [2.75, 3.05) is 32.6 Å². The molecule has 32 heavy (non-hydrogen) atoms. The van der Waals surface area contributed by atoms with Gasteiger partial charge in [-0.3, -0.25) is 9.78 Å². The smallest absolute Gasteiger partial charge is 0.272 e. The zero-order valence-corrected chi connectivity index (χ0v) is 18.3. The quantitative estimate of drug-likeness (QED) is 0.460. The van der Waals surface area contributed by atoms with Gasteiger partial charge in [-0.2, -0.15) is 10.2 Å². The number of ether oxygens (including phenoxy) is 1. The molecule has 5 rings (SSSR count). The van der Waals surface area contributed by atoms with E-state index in [1.807, 2.05) is 24.4 Å². The van der Waals surface area contributed by atoms with Crippen molar-refractivity contribution in [3.8, 4) is 11.3 Å². The summed E-state index contributed by atoms with van der Waals surface area (Å²) in [5.74, 6) is -0.514. The fourth-order valence-corrected chi connectivity index (χ4v) is 4.57.